The highest BCUT2D eigenvalue weighted by Crippen LogP contribution is 2.40. The van der Waals surface area contributed by atoms with Gasteiger partial charge in [-0.05, 0) is 67.8 Å². The van der Waals surface area contributed by atoms with Crippen LogP contribution in [-0.4, -0.2) is 48.4 Å². The Morgan fingerprint density at radius 3 is 2.20 bits per heavy atom. The summed E-state index contributed by atoms with van der Waals surface area (Å²) >= 11 is 0. The van der Waals surface area contributed by atoms with Crippen LogP contribution in [0.15, 0.2) is 66.7 Å². The summed E-state index contributed by atoms with van der Waals surface area (Å²) in [5, 5.41) is 2.73. The SMILES string of the molecule is COc1cc([C@@](Cc2ccccc2)(NC(=O)[C@H]2C[C@@H](F)CN2C(=O)OC(C)(C)C)c2cc(F)cc(C(F)(F)F)c2)ccc1F. The van der Waals surface area contributed by atoms with Crippen LogP contribution < -0.4 is 10.1 Å². The maximum absolute atomic E-state index is 15.0. The van der Waals surface area contributed by atoms with Crippen molar-refractivity contribution >= 4 is 12.0 Å². The van der Waals surface area contributed by atoms with Gasteiger partial charge in [0.1, 0.15) is 23.6 Å². The number of amides is 2. The molecule has 0 spiro atoms. The number of nitrogens with zero attached hydrogens (tertiary/aromatic N) is 1. The lowest BCUT2D eigenvalue weighted by Gasteiger charge is -2.38. The minimum Gasteiger partial charge on any atom is -0.494 e. The molecule has 12 heteroatoms. The molecule has 1 aliphatic heterocycles. The van der Waals surface area contributed by atoms with Crippen molar-refractivity contribution in [1.82, 2.24) is 10.2 Å². The molecule has 3 atom stereocenters. The Morgan fingerprint density at radius 2 is 1.59 bits per heavy atom. The van der Waals surface area contributed by atoms with E-state index in [4.69, 9.17) is 9.47 Å². The lowest BCUT2D eigenvalue weighted by molar-refractivity contribution is -0.137. The van der Waals surface area contributed by atoms with Crippen LogP contribution >= 0.6 is 0 Å². The Bertz CT molecular complexity index is 1510. The Labute approximate surface area is 251 Å². The summed E-state index contributed by atoms with van der Waals surface area (Å²) in [5.41, 5.74) is -4.06. The molecule has 1 aliphatic rings. The molecular weight excluding hydrogens is 590 g/mol. The van der Waals surface area contributed by atoms with E-state index < -0.39 is 71.7 Å². The second kappa shape index (κ2) is 12.4. The zero-order chi connectivity index (χ0) is 32.4. The van der Waals surface area contributed by atoms with Crippen molar-refractivity contribution in [3.63, 3.8) is 0 Å². The lowest BCUT2D eigenvalue weighted by atomic mass is 9.77. The molecule has 3 aromatic rings. The highest BCUT2D eigenvalue weighted by molar-refractivity contribution is 5.87. The maximum Gasteiger partial charge on any atom is 0.416 e. The molecule has 0 bridgehead atoms. The monoisotopic (exact) mass is 622 g/mol. The van der Waals surface area contributed by atoms with E-state index in [9.17, 15) is 35.9 Å². The number of hydrogen-bond acceptors (Lipinski definition) is 4. The fourth-order valence-electron chi connectivity index (χ4n) is 5.24. The minimum atomic E-state index is -4.96. The number of halogens is 6. The molecule has 1 heterocycles. The summed E-state index contributed by atoms with van der Waals surface area (Å²) in [6.07, 6.45) is -8.18. The van der Waals surface area contributed by atoms with Gasteiger partial charge in [0.15, 0.2) is 11.6 Å². The van der Waals surface area contributed by atoms with E-state index in [2.05, 4.69) is 5.32 Å². The minimum absolute atomic E-state index is 0.0466. The summed E-state index contributed by atoms with van der Waals surface area (Å²) in [7, 11) is 1.18. The fraction of sp³-hybridized carbons (Fsp3) is 0.375. The van der Waals surface area contributed by atoms with Crippen LogP contribution in [0.3, 0.4) is 0 Å². The first kappa shape index (κ1) is 32.7. The normalized spacial score (nSPS) is 18.5. The molecule has 0 aliphatic carbocycles. The summed E-state index contributed by atoms with van der Waals surface area (Å²) in [6, 6.07) is 12.2. The number of hydrogen-bond donors (Lipinski definition) is 1. The van der Waals surface area contributed by atoms with Gasteiger partial charge in [0.25, 0.3) is 0 Å². The third-order valence-corrected chi connectivity index (χ3v) is 7.19. The first-order valence-corrected chi connectivity index (χ1v) is 13.7. The van der Waals surface area contributed by atoms with E-state index in [1.165, 1.54) is 19.2 Å². The number of nitrogens with one attached hydrogen (secondary N) is 1. The van der Waals surface area contributed by atoms with Crippen molar-refractivity contribution in [2.45, 2.75) is 63.1 Å². The quantitative estimate of drug-likeness (QED) is 0.290. The molecule has 0 radical (unpaired) electrons. The first-order chi connectivity index (χ1) is 20.5. The maximum atomic E-state index is 15.0. The predicted molar refractivity (Wildman–Crippen MR) is 150 cm³/mol. The van der Waals surface area contributed by atoms with Gasteiger partial charge in [-0.1, -0.05) is 36.4 Å². The lowest BCUT2D eigenvalue weighted by Crippen LogP contribution is -2.55. The summed E-state index contributed by atoms with van der Waals surface area (Å²) in [6.45, 7) is 4.33. The van der Waals surface area contributed by atoms with Crippen molar-refractivity contribution in [3.05, 3.63) is 101 Å². The number of carbonyl (C=O) groups is 2. The highest BCUT2D eigenvalue weighted by atomic mass is 19.4. The van der Waals surface area contributed by atoms with Gasteiger partial charge >= 0.3 is 12.3 Å². The van der Waals surface area contributed by atoms with E-state index in [-0.39, 0.29) is 23.3 Å². The van der Waals surface area contributed by atoms with Gasteiger partial charge in [-0.15, -0.1) is 0 Å². The van der Waals surface area contributed by atoms with Gasteiger partial charge in [0, 0.05) is 12.8 Å². The number of methoxy groups -OCH3 is 1. The van der Waals surface area contributed by atoms with Gasteiger partial charge < -0.3 is 14.8 Å². The van der Waals surface area contributed by atoms with Gasteiger partial charge in [-0.25, -0.2) is 18.0 Å². The third-order valence-electron chi connectivity index (χ3n) is 7.19. The number of benzene rings is 3. The largest absolute Gasteiger partial charge is 0.494 e. The molecule has 44 heavy (non-hydrogen) atoms. The molecule has 4 rings (SSSR count). The Hall–Kier alpha value is -4.22. The van der Waals surface area contributed by atoms with Crippen molar-refractivity contribution in [2.75, 3.05) is 13.7 Å². The number of alkyl halides is 4. The summed E-state index contributed by atoms with van der Waals surface area (Å²) in [4.78, 5) is 27.9. The highest BCUT2D eigenvalue weighted by Gasteiger charge is 2.46. The second-order valence-electron chi connectivity index (χ2n) is 11.6. The zero-order valence-electron chi connectivity index (χ0n) is 24.5. The molecule has 2 amide bonds. The van der Waals surface area contributed by atoms with E-state index >= 15 is 0 Å². The Morgan fingerprint density at radius 1 is 0.932 bits per heavy atom. The van der Waals surface area contributed by atoms with Gasteiger partial charge in [0.2, 0.25) is 5.91 Å². The number of ether oxygens (including phenoxy) is 2. The zero-order valence-corrected chi connectivity index (χ0v) is 24.5. The standard InChI is InChI=1S/C32H32F6N2O4/c1-30(2,3)44-29(42)40-18-24(34)16-26(40)28(41)39-31(17-19-8-6-5-7-9-19,20-10-11-25(35)27(15-20)43-4)21-12-22(32(36,37)38)14-23(33)13-21/h5-15,24,26H,16-18H2,1-4H3,(H,39,41)/t24-,26-,31-/m1/s1. The molecule has 236 valence electrons. The number of rotatable bonds is 7. The van der Waals surface area contributed by atoms with Gasteiger partial charge in [-0.3, -0.25) is 9.69 Å². The van der Waals surface area contributed by atoms with Crippen molar-refractivity contribution < 1.29 is 45.4 Å². The average molecular weight is 623 g/mol. The van der Waals surface area contributed by atoms with Crippen LogP contribution in [0.4, 0.5) is 31.1 Å². The first-order valence-electron chi connectivity index (χ1n) is 13.7. The van der Waals surface area contributed by atoms with Crippen LogP contribution in [0.25, 0.3) is 0 Å². The average Bonchev–Trinajstić information content (AvgIpc) is 3.34. The van der Waals surface area contributed by atoms with E-state index in [0.717, 1.165) is 17.0 Å². The van der Waals surface area contributed by atoms with E-state index in [1.807, 2.05) is 0 Å². The topological polar surface area (TPSA) is 67.9 Å². The van der Waals surface area contributed by atoms with Crippen LogP contribution in [-0.2, 0) is 27.7 Å². The van der Waals surface area contributed by atoms with Crippen molar-refractivity contribution in [1.29, 1.82) is 0 Å². The van der Waals surface area contributed by atoms with E-state index in [1.54, 1.807) is 51.1 Å². The van der Waals surface area contributed by atoms with Gasteiger partial charge in [-0.2, -0.15) is 13.2 Å². The van der Waals surface area contributed by atoms with Crippen LogP contribution in [0, 0.1) is 11.6 Å². The van der Waals surface area contributed by atoms with Crippen molar-refractivity contribution in [2.24, 2.45) is 0 Å². The predicted octanol–water partition coefficient (Wildman–Crippen LogP) is 6.94. The van der Waals surface area contributed by atoms with Crippen LogP contribution in [0.2, 0.25) is 0 Å². The Kier molecular flexibility index (Phi) is 9.22. The second-order valence-corrected chi connectivity index (χ2v) is 11.6. The Balaban J connectivity index is 1.94. The molecule has 1 N–H and O–H groups in total. The van der Waals surface area contributed by atoms with Crippen LogP contribution in [0.5, 0.6) is 5.75 Å². The molecular formula is C32H32F6N2O4. The number of carbonyl (C=O) groups excluding carboxylic acids is 2. The van der Waals surface area contributed by atoms with Gasteiger partial charge in [0.05, 0.1) is 24.8 Å². The van der Waals surface area contributed by atoms with Crippen molar-refractivity contribution in [3.8, 4) is 5.75 Å². The fourth-order valence-corrected chi connectivity index (χ4v) is 5.24. The molecule has 1 fully saturated rings. The molecule has 1 saturated heterocycles. The third kappa shape index (κ3) is 7.28. The molecule has 6 nitrogen and oxygen atoms in total. The summed E-state index contributed by atoms with van der Waals surface area (Å²) < 4.78 is 96.6. The molecule has 3 aromatic carbocycles. The molecule has 0 saturated carbocycles. The summed E-state index contributed by atoms with van der Waals surface area (Å²) in [5.74, 6) is -3.26. The molecule has 0 aromatic heterocycles. The van der Waals surface area contributed by atoms with Crippen LogP contribution in [0.1, 0.15) is 49.4 Å². The van der Waals surface area contributed by atoms with E-state index in [0.29, 0.717) is 17.7 Å². The molecule has 0 unspecified atom stereocenters. The number of likely N-dealkylation sites (tertiary alicyclic amines) is 1. The smallest absolute Gasteiger partial charge is 0.416 e.